The van der Waals surface area contributed by atoms with Crippen molar-refractivity contribution in [1.82, 2.24) is 10.6 Å². The van der Waals surface area contributed by atoms with Crippen LogP contribution < -0.4 is 10.6 Å². The highest BCUT2D eigenvalue weighted by Gasteiger charge is 2.35. The molecule has 0 radical (unpaired) electrons. The largest absolute Gasteiger partial charge is 0.352 e. The van der Waals surface area contributed by atoms with E-state index in [2.05, 4.69) is 31.4 Å². The second-order valence-corrected chi connectivity index (χ2v) is 5.45. The molecule has 2 unspecified atom stereocenters. The van der Waals surface area contributed by atoms with Crippen molar-refractivity contribution in [3.63, 3.8) is 0 Å². The Morgan fingerprint density at radius 1 is 1.44 bits per heavy atom. The molecule has 1 rings (SSSR count). The average molecular weight is 226 g/mol. The van der Waals surface area contributed by atoms with Gasteiger partial charge in [0.15, 0.2) is 0 Å². The van der Waals surface area contributed by atoms with Gasteiger partial charge in [0.1, 0.15) is 0 Å². The van der Waals surface area contributed by atoms with Crippen molar-refractivity contribution in [3.8, 4) is 0 Å². The number of hydrogen-bond acceptors (Lipinski definition) is 2. The normalized spacial score (nSPS) is 27.8. The third kappa shape index (κ3) is 3.21. The lowest BCUT2D eigenvalue weighted by Gasteiger charge is -2.35. The molecule has 2 N–H and O–H groups in total. The van der Waals surface area contributed by atoms with Crippen molar-refractivity contribution in [3.05, 3.63) is 0 Å². The van der Waals surface area contributed by atoms with Gasteiger partial charge in [-0.05, 0) is 45.1 Å². The fraction of sp³-hybridized carbons (Fsp3) is 0.923. The molecule has 0 saturated carbocycles. The van der Waals surface area contributed by atoms with Crippen LogP contribution in [0.3, 0.4) is 0 Å². The van der Waals surface area contributed by atoms with Crippen LogP contribution in [0.15, 0.2) is 0 Å². The van der Waals surface area contributed by atoms with E-state index in [9.17, 15) is 4.79 Å². The summed E-state index contributed by atoms with van der Waals surface area (Å²) < 4.78 is 0. The monoisotopic (exact) mass is 226 g/mol. The lowest BCUT2D eigenvalue weighted by molar-refractivity contribution is -0.129. The molecule has 1 aliphatic rings. The van der Waals surface area contributed by atoms with Crippen LogP contribution in [0.5, 0.6) is 0 Å². The summed E-state index contributed by atoms with van der Waals surface area (Å²) >= 11 is 0. The second-order valence-electron chi connectivity index (χ2n) is 5.45. The summed E-state index contributed by atoms with van der Waals surface area (Å²) in [6.45, 7) is 9.43. The molecular formula is C13H26N2O. The van der Waals surface area contributed by atoms with Gasteiger partial charge >= 0.3 is 0 Å². The maximum Gasteiger partial charge on any atom is 0.240 e. The molecule has 0 aromatic carbocycles. The van der Waals surface area contributed by atoms with Crippen molar-refractivity contribution in [2.75, 3.05) is 6.54 Å². The highest BCUT2D eigenvalue weighted by atomic mass is 16.2. The Hall–Kier alpha value is -0.570. The Morgan fingerprint density at radius 3 is 2.56 bits per heavy atom. The van der Waals surface area contributed by atoms with Crippen molar-refractivity contribution < 1.29 is 4.79 Å². The highest BCUT2D eigenvalue weighted by Crippen LogP contribution is 2.19. The van der Waals surface area contributed by atoms with E-state index in [0.717, 1.165) is 25.8 Å². The second kappa shape index (κ2) is 5.67. The Labute approximate surface area is 99.4 Å². The molecule has 94 valence electrons. The van der Waals surface area contributed by atoms with Gasteiger partial charge in [0.05, 0.1) is 5.54 Å². The first-order valence-corrected chi connectivity index (χ1v) is 6.55. The lowest BCUT2D eigenvalue weighted by Crippen LogP contribution is -2.59. The smallest absolute Gasteiger partial charge is 0.240 e. The Bertz CT molecular complexity index is 232. The van der Waals surface area contributed by atoms with E-state index in [4.69, 9.17) is 0 Å². The summed E-state index contributed by atoms with van der Waals surface area (Å²) in [4.78, 5) is 12.2. The summed E-state index contributed by atoms with van der Waals surface area (Å²) in [5.41, 5.74) is -0.347. The van der Waals surface area contributed by atoms with E-state index in [1.54, 1.807) is 0 Å². The highest BCUT2D eigenvalue weighted by molar-refractivity contribution is 5.86. The topological polar surface area (TPSA) is 41.1 Å². The minimum absolute atomic E-state index is 0.174. The molecule has 0 aliphatic carbocycles. The van der Waals surface area contributed by atoms with Gasteiger partial charge in [-0.15, -0.1) is 0 Å². The van der Waals surface area contributed by atoms with Crippen LogP contribution in [0.2, 0.25) is 0 Å². The van der Waals surface area contributed by atoms with Crippen LogP contribution in [0, 0.1) is 5.92 Å². The first-order valence-electron chi connectivity index (χ1n) is 6.55. The molecule has 3 nitrogen and oxygen atoms in total. The molecule has 1 saturated heterocycles. The number of nitrogens with one attached hydrogen (secondary N) is 2. The van der Waals surface area contributed by atoms with Gasteiger partial charge in [0, 0.05) is 6.04 Å². The van der Waals surface area contributed by atoms with Crippen molar-refractivity contribution in [1.29, 1.82) is 0 Å². The Balaban J connectivity index is 2.55. The third-order valence-electron chi connectivity index (χ3n) is 3.68. The predicted molar refractivity (Wildman–Crippen MR) is 67.3 cm³/mol. The van der Waals surface area contributed by atoms with Gasteiger partial charge in [-0.2, -0.15) is 0 Å². The first kappa shape index (κ1) is 13.5. The molecular weight excluding hydrogens is 200 g/mol. The zero-order valence-corrected chi connectivity index (χ0v) is 11.1. The molecule has 1 fully saturated rings. The maximum absolute atomic E-state index is 12.2. The molecule has 3 heteroatoms. The molecule has 16 heavy (non-hydrogen) atoms. The Morgan fingerprint density at radius 2 is 2.12 bits per heavy atom. The molecule has 0 aromatic rings. The number of amides is 1. The molecule has 1 aliphatic heterocycles. The van der Waals surface area contributed by atoms with E-state index < -0.39 is 0 Å². The van der Waals surface area contributed by atoms with Gasteiger partial charge in [0.25, 0.3) is 0 Å². The zero-order chi connectivity index (χ0) is 12.2. The van der Waals surface area contributed by atoms with Crippen LogP contribution in [0.25, 0.3) is 0 Å². The van der Waals surface area contributed by atoms with E-state index in [-0.39, 0.29) is 11.4 Å². The summed E-state index contributed by atoms with van der Waals surface area (Å²) in [5, 5.41) is 6.53. The number of piperidine rings is 1. The first-order chi connectivity index (χ1) is 7.49. The molecule has 1 heterocycles. The van der Waals surface area contributed by atoms with Gasteiger partial charge < -0.3 is 10.6 Å². The zero-order valence-electron chi connectivity index (χ0n) is 11.1. The van der Waals surface area contributed by atoms with E-state index in [0.29, 0.717) is 12.0 Å². The number of hydrogen-bond donors (Lipinski definition) is 2. The van der Waals surface area contributed by atoms with Crippen LogP contribution in [-0.2, 0) is 4.79 Å². The molecule has 2 atom stereocenters. The average Bonchev–Trinajstić information content (AvgIpc) is 2.26. The quantitative estimate of drug-likeness (QED) is 0.770. The van der Waals surface area contributed by atoms with Gasteiger partial charge in [-0.25, -0.2) is 0 Å². The SMILES string of the molecule is CCC(NC(=O)C1(C)CCCCN1)C(C)C. The van der Waals surface area contributed by atoms with Gasteiger partial charge in [0.2, 0.25) is 5.91 Å². The van der Waals surface area contributed by atoms with Crippen LogP contribution >= 0.6 is 0 Å². The van der Waals surface area contributed by atoms with Gasteiger partial charge in [-0.1, -0.05) is 20.8 Å². The molecule has 0 bridgehead atoms. The van der Waals surface area contributed by atoms with Crippen LogP contribution in [0.1, 0.15) is 53.4 Å². The summed E-state index contributed by atoms with van der Waals surface area (Å²) in [5.74, 6) is 0.675. The van der Waals surface area contributed by atoms with Crippen LogP contribution in [0.4, 0.5) is 0 Å². The number of rotatable bonds is 4. The van der Waals surface area contributed by atoms with Crippen LogP contribution in [-0.4, -0.2) is 24.0 Å². The molecule has 0 aromatic heterocycles. The minimum Gasteiger partial charge on any atom is -0.352 e. The maximum atomic E-state index is 12.2. The summed E-state index contributed by atoms with van der Waals surface area (Å²) in [6.07, 6.45) is 4.28. The molecule has 0 spiro atoms. The number of carbonyl (C=O) groups is 1. The minimum atomic E-state index is -0.347. The summed E-state index contributed by atoms with van der Waals surface area (Å²) in [6, 6.07) is 0.299. The van der Waals surface area contributed by atoms with Crippen molar-refractivity contribution >= 4 is 5.91 Å². The third-order valence-corrected chi connectivity index (χ3v) is 3.68. The lowest BCUT2D eigenvalue weighted by atomic mass is 9.89. The van der Waals surface area contributed by atoms with E-state index in [1.165, 1.54) is 6.42 Å². The fourth-order valence-electron chi connectivity index (χ4n) is 2.32. The van der Waals surface area contributed by atoms with Gasteiger partial charge in [-0.3, -0.25) is 4.79 Å². The fourth-order valence-corrected chi connectivity index (χ4v) is 2.32. The Kier molecular flexibility index (Phi) is 4.78. The van der Waals surface area contributed by atoms with Crippen molar-refractivity contribution in [2.24, 2.45) is 5.92 Å². The van der Waals surface area contributed by atoms with E-state index in [1.807, 2.05) is 6.92 Å². The predicted octanol–water partition coefficient (Wildman–Crippen LogP) is 2.07. The number of carbonyl (C=O) groups excluding carboxylic acids is 1. The molecule has 1 amide bonds. The van der Waals surface area contributed by atoms with Crippen molar-refractivity contribution in [2.45, 2.75) is 65.0 Å². The standard InChI is InChI=1S/C13H26N2O/c1-5-11(10(2)3)15-12(16)13(4)8-6-7-9-14-13/h10-11,14H,5-9H2,1-4H3,(H,15,16). The summed E-state index contributed by atoms with van der Waals surface area (Å²) in [7, 11) is 0. The van der Waals surface area contributed by atoms with E-state index >= 15 is 0 Å².